The smallest absolute Gasteiger partial charge is 0.270 e. The fraction of sp³-hybridized carbons (Fsp3) is 0.0714. The summed E-state index contributed by atoms with van der Waals surface area (Å²) in [6.07, 6.45) is 0. The Labute approximate surface area is 124 Å². The molecule has 0 unspecified atom stereocenters. The molecule has 0 aliphatic rings. The summed E-state index contributed by atoms with van der Waals surface area (Å²) in [4.78, 5) is 22.0. The van der Waals surface area contributed by atoms with Crippen molar-refractivity contribution in [2.45, 2.75) is 6.92 Å². The highest BCUT2D eigenvalue weighted by Gasteiger charge is 2.17. The Balaban J connectivity index is 2.32. The van der Waals surface area contributed by atoms with E-state index in [0.717, 1.165) is 23.8 Å². The maximum absolute atomic E-state index is 13.6. The standard InChI is InChI=1S/C14H10ClFN2O3/c1-8-2-5-13(11(15)6-8)17-14(19)10-7-9(18(20)21)3-4-12(10)16/h2-7H,1H3,(H,17,19). The highest BCUT2D eigenvalue weighted by molar-refractivity contribution is 6.34. The van der Waals surface area contributed by atoms with Gasteiger partial charge in [0, 0.05) is 12.1 Å². The van der Waals surface area contributed by atoms with Crippen molar-refractivity contribution in [1.82, 2.24) is 0 Å². The van der Waals surface area contributed by atoms with Crippen LogP contribution in [0.25, 0.3) is 0 Å². The van der Waals surface area contributed by atoms with E-state index in [1.54, 1.807) is 18.2 Å². The number of carbonyl (C=O) groups is 1. The van der Waals surface area contributed by atoms with Gasteiger partial charge in [-0.25, -0.2) is 4.39 Å². The lowest BCUT2D eigenvalue weighted by Gasteiger charge is -2.08. The van der Waals surface area contributed by atoms with E-state index in [0.29, 0.717) is 10.7 Å². The Hall–Kier alpha value is -2.47. The topological polar surface area (TPSA) is 72.2 Å². The van der Waals surface area contributed by atoms with Gasteiger partial charge in [0.1, 0.15) is 5.82 Å². The summed E-state index contributed by atoms with van der Waals surface area (Å²) < 4.78 is 13.6. The van der Waals surface area contributed by atoms with Crippen LogP contribution in [0.5, 0.6) is 0 Å². The highest BCUT2D eigenvalue weighted by atomic mass is 35.5. The number of hydrogen-bond acceptors (Lipinski definition) is 3. The summed E-state index contributed by atoms with van der Waals surface area (Å²) in [7, 11) is 0. The second-order valence-electron chi connectivity index (χ2n) is 4.36. The average molecular weight is 309 g/mol. The minimum Gasteiger partial charge on any atom is -0.321 e. The van der Waals surface area contributed by atoms with Crippen LogP contribution in [0.1, 0.15) is 15.9 Å². The second kappa shape index (κ2) is 5.88. The summed E-state index contributed by atoms with van der Waals surface area (Å²) in [6, 6.07) is 7.69. The zero-order valence-electron chi connectivity index (χ0n) is 10.9. The summed E-state index contributed by atoms with van der Waals surface area (Å²) in [6.45, 7) is 1.83. The number of aryl methyl sites for hydroxylation is 1. The highest BCUT2D eigenvalue weighted by Crippen LogP contribution is 2.24. The second-order valence-corrected chi connectivity index (χ2v) is 4.77. The SMILES string of the molecule is Cc1ccc(NC(=O)c2cc([N+](=O)[O-])ccc2F)c(Cl)c1. The Bertz CT molecular complexity index is 734. The Morgan fingerprint density at radius 1 is 1.29 bits per heavy atom. The fourth-order valence-electron chi connectivity index (χ4n) is 1.71. The molecule has 0 heterocycles. The lowest BCUT2D eigenvalue weighted by atomic mass is 10.1. The summed E-state index contributed by atoms with van der Waals surface area (Å²) >= 11 is 5.97. The molecule has 1 N–H and O–H groups in total. The molecule has 2 rings (SSSR count). The monoisotopic (exact) mass is 308 g/mol. The van der Waals surface area contributed by atoms with Gasteiger partial charge in [-0.2, -0.15) is 0 Å². The molecule has 0 radical (unpaired) electrons. The molecule has 0 saturated carbocycles. The van der Waals surface area contributed by atoms with E-state index >= 15 is 0 Å². The van der Waals surface area contributed by atoms with Gasteiger partial charge in [-0.3, -0.25) is 14.9 Å². The molecule has 1 amide bonds. The van der Waals surface area contributed by atoms with Crippen molar-refractivity contribution < 1.29 is 14.1 Å². The van der Waals surface area contributed by atoms with Gasteiger partial charge < -0.3 is 5.32 Å². The zero-order chi connectivity index (χ0) is 15.6. The molecule has 2 aromatic carbocycles. The van der Waals surface area contributed by atoms with E-state index < -0.39 is 22.2 Å². The van der Waals surface area contributed by atoms with E-state index in [1.807, 2.05) is 6.92 Å². The van der Waals surface area contributed by atoms with Crippen molar-refractivity contribution in [1.29, 1.82) is 0 Å². The lowest BCUT2D eigenvalue weighted by molar-refractivity contribution is -0.384. The Kier molecular flexibility index (Phi) is 4.18. The van der Waals surface area contributed by atoms with Crippen molar-refractivity contribution in [3.63, 3.8) is 0 Å². The van der Waals surface area contributed by atoms with E-state index in [9.17, 15) is 19.3 Å². The maximum atomic E-state index is 13.6. The Morgan fingerprint density at radius 2 is 2.00 bits per heavy atom. The van der Waals surface area contributed by atoms with Crippen LogP contribution in [-0.2, 0) is 0 Å². The molecular weight excluding hydrogens is 299 g/mol. The number of carbonyl (C=O) groups excluding carboxylic acids is 1. The van der Waals surface area contributed by atoms with Crippen LogP contribution < -0.4 is 5.32 Å². The molecule has 0 spiro atoms. The third-order valence-corrected chi connectivity index (χ3v) is 3.09. The van der Waals surface area contributed by atoms with Gasteiger partial charge in [0.2, 0.25) is 0 Å². The molecule has 0 fully saturated rings. The minimum absolute atomic E-state index is 0.300. The van der Waals surface area contributed by atoms with Gasteiger partial charge in [0.25, 0.3) is 11.6 Å². The first-order valence-corrected chi connectivity index (χ1v) is 6.27. The third-order valence-electron chi connectivity index (χ3n) is 2.78. The van der Waals surface area contributed by atoms with E-state index in [2.05, 4.69) is 5.32 Å². The van der Waals surface area contributed by atoms with Gasteiger partial charge in [-0.05, 0) is 30.7 Å². The van der Waals surface area contributed by atoms with Crippen molar-refractivity contribution in [2.24, 2.45) is 0 Å². The molecular formula is C14H10ClFN2O3. The molecule has 7 heteroatoms. The predicted molar refractivity (Wildman–Crippen MR) is 77.2 cm³/mol. The van der Waals surface area contributed by atoms with Crippen molar-refractivity contribution in [3.8, 4) is 0 Å². The number of rotatable bonds is 3. The molecule has 21 heavy (non-hydrogen) atoms. The van der Waals surface area contributed by atoms with Gasteiger partial charge in [-0.1, -0.05) is 17.7 Å². The Morgan fingerprint density at radius 3 is 2.62 bits per heavy atom. The number of nitro benzene ring substituents is 1. The van der Waals surface area contributed by atoms with Crippen LogP contribution in [0.2, 0.25) is 5.02 Å². The van der Waals surface area contributed by atoms with Crippen LogP contribution in [0.4, 0.5) is 15.8 Å². The summed E-state index contributed by atoms with van der Waals surface area (Å²) in [5.41, 5.74) is 0.426. The molecule has 0 aliphatic carbocycles. The van der Waals surface area contributed by atoms with E-state index in [-0.39, 0.29) is 5.69 Å². The molecule has 0 aliphatic heterocycles. The summed E-state index contributed by atoms with van der Waals surface area (Å²) in [5.74, 6) is -1.65. The number of benzene rings is 2. The maximum Gasteiger partial charge on any atom is 0.270 e. The number of hydrogen-bond donors (Lipinski definition) is 1. The number of halogens is 2. The normalized spacial score (nSPS) is 10.2. The summed E-state index contributed by atoms with van der Waals surface area (Å²) in [5, 5.41) is 13.4. The van der Waals surface area contributed by atoms with Crippen molar-refractivity contribution in [3.05, 3.63) is 68.5 Å². The average Bonchev–Trinajstić information content (AvgIpc) is 2.42. The van der Waals surface area contributed by atoms with Crippen LogP contribution in [0.3, 0.4) is 0 Å². The predicted octanol–water partition coefficient (Wildman–Crippen LogP) is 3.95. The molecule has 5 nitrogen and oxygen atoms in total. The minimum atomic E-state index is -0.846. The molecule has 0 atom stereocenters. The van der Waals surface area contributed by atoms with E-state index in [1.165, 1.54) is 0 Å². The number of non-ortho nitro benzene ring substituents is 1. The van der Waals surface area contributed by atoms with Crippen LogP contribution in [0, 0.1) is 22.9 Å². The third kappa shape index (κ3) is 3.35. The first-order valence-electron chi connectivity index (χ1n) is 5.90. The van der Waals surface area contributed by atoms with Crippen LogP contribution in [-0.4, -0.2) is 10.8 Å². The molecule has 2 aromatic rings. The number of anilines is 1. The fourth-order valence-corrected chi connectivity index (χ4v) is 1.99. The molecule has 0 aromatic heterocycles. The molecule has 108 valence electrons. The molecule has 0 saturated heterocycles. The first-order chi connectivity index (χ1) is 9.88. The van der Waals surface area contributed by atoms with Crippen LogP contribution >= 0.6 is 11.6 Å². The van der Waals surface area contributed by atoms with Gasteiger partial charge in [0.05, 0.1) is 21.2 Å². The molecule has 0 bridgehead atoms. The van der Waals surface area contributed by atoms with Gasteiger partial charge >= 0.3 is 0 Å². The van der Waals surface area contributed by atoms with Crippen LogP contribution in [0.15, 0.2) is 36.4 Å². The quantitative estimate of drug-likeness (QED) is 0.689. The first kappa shape index (κ1) is 14.9. The lowest BCUT2D eigenvalue weighted by Crippen LogP contribution is -2.14. The number of nitrogens with one attached hydrogen (secondary N) is 1. The van der Waals surface area contributed by atoms with Crippen molar-refractivity contribution in [2.75, 3.05) is 5.32 Å². The number of nitrogens with zero attached hydrogens (tertiary/aromatic N) is 1. The largest absolute Gasteiger partial charge is 0.321 e. The number of nitro groups is 1. The van der Waals surface area contributed by atoms with Crippen molar-refractivity contribution >= 4 is 28.9 Å². The van der Waals surface area contributed by atoms with Gasteiger partial charge in [0.15, 0.2) is 0 Å². The van der Waals surface area contributed by atoms with E-state index in [4.69, 9.17) is 11.6 Å². The zero-order valence-corrected chi connectivity index (χ0v) is 11.6. The number of amides is 1. The van der Waals surface area contributed by atoms with Gasteiger partial charge in [-0.15, -0.1) is 0 Å².